The summed E-state index contributed by atoms with van der Waals surface area (Å²) < 4.78 is 11.8. The van der Waals surface area contributed by atoms with E-state index in [-0.39, 0.29) is 43.2 Å². The molecule has 0 saturated heterocycles. The first-order chi connectivity index (χ1) is 26.6. The van der Waals surface area contributed by atoms with Gasteiger partial charge in [0.15, 0.2) is 0 Å². The molecule has 3 aromatic carbocycles. The molecule has 296 valence electrons. The number of nitrogens with one attached hydrogen (secondary N) is 4. The maximum atomic E-state index is 13.9. The molecule has 0 radical (unpaired) electrons. The number of nitrogens with zero attached hydrogens (tertiary/aromatic N) is 1. The van der Waals surface area contributed by atoms with Crippen molar-refractivity contribution in [3.8, 4) is 11.5 Å². The van der Waals surface area contributed by atoms with E-state index in [2.05, 4.69) is 21.3 Å². The van der Waals surface area contributed by atoms with Crippen LogP contribution in [-0.2, 0) is 25.6 Å². The van der Waals surface area contributed by atoms with Gasteiger partial charge in [0.05, 0.1) is 18.8 Å². The Bertz CT molecular complexity index is 1670. The third-order valence-corrected chi connectivity index (χ3v) is 9.32. The van der Waals surface area contributed by atoms with Gasteiger partial charge in [-0.25, -0.2) is 0 Å². The smallest absolute Gasteiger partial charge is 0.255 e. The predicted octanol–water partition coefficient (Wildman–Crippen LogP) is 4.82. The lowest BCUT2D eigenvalue weighted by Gasteiger charge is -2.28. The van der Waals surface area contributed by atoms with Gasteiger partial charge in [0, 0.05) is 33.0 Å². The molecule has 1 aliphatic rings. The Hall–Kier alpha value is -5.39. The topological polar surface area (TPSA) is 155 Å². The summed E-state index contributed by atoms with van der Waals surface area (Å²) in [5, 5.41) is 11.5. The van der Waals surface area contributed by atoms with Crippen LogP contribution in [0.4, 0.5) is 0 Å². The highest BCUT2D eigenvalue weighted by Crippen LogP contribution is 2.20. The van der Waals surface area contributed by atoms with Crippen molar-refractivity contribution in [2.24, 2.45) is 5.92 Å². The lowest BCUT2D eigenvalue weighted by molar-refractivity contribution is -0.137. The molecule has 3 aromatic rings. The van der Waals surface area contributed by atoms with Gasteiger partial charge in [-0.3, -0.25) is 24.0 Å². The minimum atomic E-state index is -1.07. The Morgan fingerprint density at radius 1 is 0.855 bits per heavy atom. The third-order valence-electron chi connectivity index (χ3n) is 9.32. The van der Waals surface area contributed by atoms with Crippen LogP contribution in [-0.4, -0.2) is 85.9 Å². The minimum absolute atomic E-state index is 0.0358. The van der Waals surface area contributed by atoms with Gasteiger partial charge in [-0.15, -0.1) is 0 Å². The molecule has 3 atom stereocenters. The van der Waals surface area contributed by atoms with Crippen LogP contribution in [0.2, 0.25) is 0 Å². The zero-order chi connectivity index (χ0) is 39.4. The van der Waals surface area contributed by atoms with Crippen molar-refractivity contribution >= 4 is 29.5 Å². The molecular weight excluding hydrogens is 699 g/mol. The highest BCUT2D eigenvalue weighted by atomic mass is 16.5. The van der Waals surface area contributed by atoms with Crippen LogP contribution in [0.1, 0.15) is 81.1 Å². The first-order valence-electron chi connectivity index (χ1n) is 19.5. The number of hydrogen-bond donors (Lipinski definition) is 4. The van der Waals surface area contributed by atoms with Crippen LogP contribution in [0.25, 0.3) is 0 Å². The van der Waals surface area contributed by atoms with E-state index in [0.29, 0.717) is 38.3 Å². The molecule has 5 amide bonds. The second-order valence-corrected chi connectivity index (χ2v) is 14.4. The largest absolute Gasteiger partial charge is 0.494 e. The van der Waals surface area contributed by atoms with Gasteiger partial charge in [-0.1, -0.05) is 87.4 Å². The van der Waals surface area contributed by atoms with E-state index in [1.807, 2.05) is 74.5 Å². The predicted molar refractivity (Wildman–Crippen MR) is 212 cm³/mol. The Kier molecular flexibility index (Phi) is 17.5. The van der Waals surface area contributed by atoms with Crippen molar-refractivity contribution in [1.82, 2.24) is 26.2 Å². The van der Waals surface area contributed by atoms with Crippen molar-refractivity contribution in [3.05, 3.63) is 96.1 Å². The number of fused-ring (bicyclic) bond motifs is 1. The summed E-state index contributed by atoms with van der Waals surface area (Å²) >= 11 is 0. The Morgan fingerprint density at radius 3 is 2.29 bits per heavy atom. The zero-order valence-electron chi connectivity index (χ0n) is 32.4. The van der Waals surface area contributed by atoms with Crippen LogP contribution in [0.3, 0.4) is 0 Å². The number of amides is 5. The second kappa shape index (κ2) is 22.7. The molecule has 12 nitrogen and oxygen atoms in total. The summed E-state index contributed by atoms with van der Waals surface area (Å²) in [5.74, 6) is -0.829. The Balaban J connectivity index is 1.54. The molecule has 0 unspecified atom stereocenters. The van der Waals surface area contributed by atoms with E-state index in [4.69, 9.17) is 9.47 Å². The Labute approximate surface area is 325 Å². The molecule has 1 aliphatic heterocycles. The van der Waals surface area contributed by atoms with E-state index in [1.165, 1.54) is 0 Å². The van der Waals surface area contributed by atoms with Crippen molar-refractivity contribution < 1.29 is 33.4 Å². The number of likely N-dealkylation sites (N-methyl/N-ethyl adjacent to an activating group) is 1. The van der Waals surface area contributed by atoms with Crippen LogP contribution in [0.15, 0.2) is 84.9 Å². The highest BCUT2D eigenvalue weighted by molar-refractivity contribution is 6.00. The molecular formula is C43H57N5O7. The molecule has 0 aromatic heterocycles. The fourth-order valence-corrected chi connectivity index (χ4v) is 6.33. The van der Waals surface area contributed by atoms with E-state index < -0.39 is 41.8 Å². The van der Waals surface area contributed by atoms with Crippen LogP contribution >= 0.6 is 0 Å². The van der Waals surface area contributed by atoms with Crippen molar-refractivity contribution in [1.29, 1.82) is 0 Å². The standard InChI is InChI=1S/C43H57N5O7/c1-31(2)29-37-43(53)48(3)26-14-4-5-15-27-55-38-22-13-12-21-34(38)40(50)46-35(41(51)44-25-16-28-54-33-19-10-7-11-20-33)23-24-39(49)45-36(42(52)47-37)30-32-17-8-6-9-18-32/h6-13,17-22,31,35-37H,4-5,14-16,23-30H2,1-3H3,(H,44,51)(H,45,49)(H,46,50)(H,47,52)/t35-,36-,37-/m0/s1. The fraction of sp³-hybridized carbons (Fsp3) is 0.465. The summed E-state index contributed by atoms with van der Waals surface area (Å²) in [4.78, 5) is 70.0. The zero-order valence-corrected chi connectivity index (χ0v) is 32.4. The maximum Gasteiger partial charge on any atom is 0.255 e. The molecule has 0 saturated carbocycles. The average molecular weight is 756 g/mol. The van der Waals surface area contributed by atoms with Crippen LogP contribution in [0, 0.1) is 5.92 Å². The lowest BCUT2D eigenvalue weighted by atomic mass is 10.0. The van der Waals surface area contributed by atoms with Gasteiger partial charge < -0.3 is 35.6 Å². The molecule has 1 heterocycles. The Morgan fingerprint density at radius 2 is 1.55 bits per heavy atom. The normalized spacial score (nSPS) is 19.7. The number of benzene rings is 3. The summed E-state index contributed by atoms with van der Waals surface area (Å²) in [6.07, 6.45) is 4.21. The van der Waals surface area contributed by atoms with Crippen molar-refractivity contribution in [2.75, 3.05) is 33.4 Å². The molecule has 0 spiro atoms. The summed E-state index contributed by atoms with van der Waals surface area (Å²) in [5.41, 5.74) is 1.11. The van der Waals surface area contributed by atoms with Crippen LogP contribution < -0.4 is 30.7 Å². The number of carbonyl (C=O) groups is 5. The molecule has 0 aliphatic carbocycles. The molecule has 55 heavy (non-hydrogen) atoms. The molecule has 4 N–H and O–H groups in total. The quantitative estimate of drug-likeness (QED) is 0.217. The third kappa shape index (κ3) is 14.8. The number of carbonyl (C=O) groups excluding carboxylic acids is 5. The van der Waals surface area contributed by atoms with Crippen LogP contribution in [0.5, 0.6) is 11.5 Å². The number of rotatable bonds is 10. The lowest BCUT2D eigenvalue weighted by Crippen LogP contribution is -2.55. The van der Waals surface area contributed by atoms with Gasteiger partial charge in [-0.05, 0) is 67.9 Å². The van der Waals surface area contributed by atoms with Crippen molar-refractivity contribution in [3.63, 3.8) is 0 Å². The summed E-state index contributed by atoms with van der Waals surface area (Å²) in [6, 6.07) is 22.7. The minimum Gasteiger partial charge on any atom is -0.494 e. The number of hydrogen-bond acceptors (Lipinski definition) is 7. The van der Waals surface area contributed by atoms with Gasteiger partial charge >= 0.3 is 0 Å². The van der Waals surface area contributed by atoms with E-state index >= 15 is 0 Å². The fourth-order valence-electron chi connectivity index (χ4n) is 6.33. The second-order valence-electron chi connectivity index (χ2n) is 14.4. The summed E-state index contributed by atoms with van der Waals surface area (Å²) in [6.45, 7) is 5.58. The van der Waals surface area contributed by atoms with Crippen molar-refractivity contribution in [2.45, 2.75) is 89.8 Å². The molecule has 12 heteroatoms. The van der Waals surface area contributed by atoms with Gasteiger partial charge in [0.1, 0.15) is 29.6 Å². The maximum absolute atomic E-state index is 13.9. The molecule has 0 fully saturated rings. The SMILES string of the molecule is CC(C)C[C@@H]1NC(=O)[C@H](Cc2ccccc2)NC(=O)CC[C@@H](C(=O)NCCCOc2ccccc2)NC(=O)c2ccccc2OCCCCCCN(C)C1=O. The van der Waals surface area contributed by atoms with Gasteiger partial charge in [-0.2, -0.15) is 0 Å². The summed E-state index contributed by atoms with van der Waals surface area (Å²) in [7, 11) is 1.75. The monoisotopic (exact) mass is 755 g/mol. The number of para-hydroxylation sites is 2. The average Bonchev–Trinajstić information content (AvgIpc) is 3.18. The van der Waals surface area contributed by atoms with Gasteiger partial charge in [0.2, 0.25) is 23.6 Å². The van der Waals surface area contributed by atoms with Gasteiger partial charge in [0.25, 0.3) is 5.91 Å². The van der Waals surface area contributed by atoms with E-state index in [1.54, 1.807) is 36.2 Å². The first kappa shape index (κ1) is 42.4. The van der Waals surface area contributed by atoms with E-state index in [9.17, 15) is 24.0 Å². The molecule has 4 rings (SSSR count). The number of ether oxygens (including phenoxy) is 2. The highest BCUT2D eigenvalue weighted by Gasteiger charge is 2.30. The van der Waals surface area contributed by atoms with E-state index in [0.717, 1.165) is 37.0 Å². The first-order valence-corrected chi connectivity index (χ1v) is 19.5. The molecule has 0 bridgehead atoms.